The summed E-state index contributed by atoms with van der Waals surface area (Å²) in [7, 11) is 0. The summed E-state index contributed by atoms with van der Waals surface area (Å²) in [6, 6.07) is 18.9. The van der Waals surface area contributed by atoms with E-state index in [1.54, 1.807) is 0 Å². The van der Waals surface area contributed by atoms with Crippen molar-refractivity contribution in [2.75, 3.05) is 0 Å². The normalized spacial score (nSPS) is 11.6. The van der Waals surface area contributed by atoms with E-state index in [9.17, 15) is 0 Å². The Morgan fingerprint density at radius 3 is 1.81 bits per heavy atom. The Labute approximate surface area is 103 Å². The Morgan fingerprint density at radius 1 is 0.812 bits per heavy atom. The zero-order valence-electron chi connectivity index (χ0n) is 9.26. The van der Waals surface area contributed by atoms with Gasteiger partial charge in [-0.05, 0) is 23.6 Å². The van der Waals surface area contributed by atoms with Gasteiger partial charge in [-0.3, -0.25) is 0 Å². The number of hydrogen-bond acceptors (Lipinski definition) is 1. The Hall–Kier alpha value is -1.31. The van der Waals surface area contributed by atoms with Crippen molar-refractivity contribution in [1.29, 1.82) is 0 Å². The highest BCUT2D eigenvalue weighted by Gasteiger charge is 1.99. The molecule has 2 rings (SSSR count). The Morgan fingerprint density at radius 2 is 1.31 bits per heavy atom. The molecule has 16 heavy (non-hydrogen) atoms. The SMILES string of the molecule is C[C@H](N)c1ccc(-c2ccccc2)cc1.Cl. The molecule has 0 radical (unpaired) electrons. The van der Waals surface area contributed by atoms with Gasteiger partial charge in [0.2, 0.25) is 0 Å². The van der Waals surface area contributed by atoms with Crippen LogP contribution in [0.5, 0.6) is 0 Å². The molecule has 0 amide bonds. The molecule has 0 aliphatic heterocycles. The summed E-state index contributed by atoms with van der Waals surface area (Å²) >= 11 is 0. The van der Waals surface area contributed by atoms with Crippen molar-refractivity contribution in [2.45, 2.75) is 13.0 Å². The summed E-state index contributed by atoms with van der Waals surface area (Å²) in [5.41, 5.74) is 9.46. The van der Waals surface area contributed by atoms with E-state index < -0.39 is 0 Å². The molecule has 0 heterocycles. The molecule has 2 heteroatoms. The van der Waals surface area contributed by atoms with E-state index in [1.165, 1.54) is 16.7 Å². The minimum absolute atomic E-state index is 0. The molecule has 0 aromatic heterocycles. The van der Waals surface area contributed by atoms with Gasteiger partial charge in [0.05, 0.1) is 0 Å². The fraction of sp³-hybridized carbons (Fsp3) is 0.143. The number of benzene rings is 2. The number of rotatable bonds is 2. The van der Waals surface area contributed by atoms with Crippen molar-refractivity contribution >= 4 is 12.4 Å². The zero-order chi connectivity index (χ0) is 10.7. The van der Waals surface area contributed by atoms with Crippen LogP contribution >= 0.6 is 12.4 Å². The van der Waals surface area contributed by atoms with Crippen molar-refractivity contribution in [2.24, 2.45) is 5.73 Å². The molecule has 0 saturated carbocycles. The van der Waals surface area contributed by atoms with E-state index in [1.807, 2.05) is 13.0 Å². The quantitative estimate of drug-likeness (QED) is 0.839. The second-order valence-electron chi connectivity index (χ2n) is 3.78. The second kappa shape index (κ2) is 5.69. The van der Waals surface area contributed by atoms with E-state index in [4.69, 9.17) is 5.73 Å². The highest BCUT2D eigenvalue weighted by Crippen LogP contribution is 2.20. The van der Waals surface area contributed by atoms with Crippen LogP contribution in [0.15, 0.2) is 54.6 Å². The molecule has 2 aromatic rings. The van der Waals surface area contributed by atoms with Gasteiger partial charge < -0.3 is 5.73 Å². The predicted molar refractivity (Wildman–Crippen MR) is 71.7 cm³/mol. The van der Waals surface area contributed by atoms with Gasteiger partial charge in [-0.1, -0.05) is 54.6 Å². The van der Waals surface area contributed by atoms with Gasteiger partial charge in [0.25, 0.3) is 0 Å². The van der Waals surface area contributed by atoms with Crippen molar-refractivity contribution in [3.05, 3.63) is 60.2 Å². The van der Waals surface area contributed by atoms with Gasteiger partial charge in [0.1, 0.15) is 0 Å². The summed E-state index contributed by atoms with van der Waals surface area (Å²) in [5.74, 6) is 0. The lowest BCUT2D eigenvalue weighted by Gasteiger charge is -2.06. The lowest BCUT2D eigenvalue weighted by atomic mass is 10.0. The number of halogens is 1. The van der Waals surface area contributed by atoms with Gasteiger partial charge in [0.15, 0.2) is 0 Å². The third-order valence-electron chi connectivity index (χ3n) is 2.54. The van der Waals surface area contributed by atoms with E-state index in [-0.39, 0.29) is 18.4 Å². The molecule has 0 bridgehead atoms. The molecule has 0 unspecified atom stereocenters. The molecule has 0 fully saturated rings. The number of hydrogen-bond donors (Lipinski definition) is 1. The summed E-state index contributed by atoms with van der Waals surface area (Å²) in [4.78, 5) is 0. The standard InChI is InChI=1S/C14H15N.ClH/c1-11(15)12-7-9-14(10-8-12)13-5-3-2-4-6-13;/h2-11H,15H2,1H3;1H/t11-;/m0./s1. The highest BCUT2D eigenvalue weighted by molar-refractivity contribution is 5.85. The highest BCUT2D eigenvalue weighted by atomic mass is 35.5. The minimum Gasteiger partial charge on any atom is -0.324 e. The van der Waals surface area contributed by atoms with Crippen molar-refractivity contribution < 1.29 is 0 Å². The largest absolute Gasteiger partial charge is 0.324 e. The second-order valence-corrected chi connectivity index (χ2v) is 3.78. The molecule has 0 aliphatic carbocycles. The first-order valence-corrected chi connectivity index (χ1v) is 5.18. The van der Waals surface area contributed by atoms with Gasteiger partial charge in [-0.2, -0.15) is 0 Å². The van der Waals surface area contributed by atoms with E-state index >= 15 is 0 Å². The molecule has 0 aliphatic rings. The van der Waals surface area contributed by atoms with Crippen LogP contribution in [0, 0.1) is 0 Å². The maximum absolute atomic E-state index is 5.80. The molecule has 1 atom stereocenters. The van der Waals surface area contributed by atoms with Crippen molar-refractivity contribution in [3.63, 3.8) is 0 Å². The molecule has 84 valence electrons. The lowest BCUT2D eigenvalue weighted by Crippen LogP contribution is -2.04. The van der Waals surface area contributed by atoms with E-state index in [0.29, 0.717) is 0 Å². The first-order chi connectivity index (χ1) is 7.27. The fourth-order valence-electron chi connectivity index (χ4n) is 1.61. The van der Waals surface area contributed by atoms with Gasteiger partial charge in [0, 0.05) is 6.04 Å². The average Bonchev–Trinajstić information content (AvgIpc) is 2.30. The van der Waals surface area contributed by atoms with Crippen LogP contribution < -0.4 is 5.73 Å². The van der Waals surface area contributed by atoms with E-state index in [0.717, 1.165) is 0 Å². The van der Waals surface area contributed by atoms with Crippen molar-refractivity contribution in [1.82, 2.24) is 0 Å². The third kappa shape index (κ3) is 2.84. The first kappa shape index (κ1) is 12.8. The first-order valence-electron chi connectivity index (χ1n) is 5.18. The van der Waals surface area contributed by atoms with Crippen LogP contribution in [0.1, 0.15) is 18.5 Å². The summed E-state index contributed by atoms with van der Waals surface area (Å²) < 4.78 is 0. The van der Waals surface area contributed by atoms with Crippen LogP contribution in [0.2, 0.25) is 0 Å². The topological polar surface area (TPSA) is 26.0 Å². The number of nitrogens with two attached hydrogens (primary N) is 1. The van der Waals surface area contributed by atoms with Crippen LogP contribution in [-0.2, 0) is 0 Å². The van der Waals surface area contributed by atoms with Crippen LogP contribution in [0.25, 0.3) is 11.1 Å². The van der Waals surface area contributed by atoms with Gasteiger partial charge in [-0.25, -0.2) is 0 Å². The smallest absolute Gasteiger partial charge is 0.0266 e. The molecule has 2 aromatic carbocycles. The molecular formula is C14H16ClN. The maximum atomic E-state index is 5.80. The van der Waals surface area contributed by atoms with Crippen LogP contribution in [-0.4, -0.2) is 0 Å². The summed E-state index contributed by atoms with van der Waals surface area (Å²) in [6.45, 7) is 2.00. The summed E-state index contributed by atoms with van der Waals surface area (Å²) in [6.07, 6.45) is 0. The van der Waals surface area contributed by atoms with Crippen LogP contribution in [0.3, 0.4) is 0 Å². The molecule has 2 N–H and O–H groups in total. The Balaban J connectivity index is 0.00000128. The predicted octanol–water partition coefficient (Wildman–Crippen LogP) is 3.80. The summed E-state index contributed by atoms with van der Waals surface area (Å²) in [5, 5.41) is 0. The van der Waals surface area contributed by atoms with Gasteiger partial charge in [-0.15, -0.1) is 12.4 Å². The lowest BCUT2D eigenvalue weighted by molar-refractivity contribution is 0.818. The molecule has 1 nitrogen and oxygen atoms in total. The Kier molecular flexibility index (Phi) is 4.53. The Bertz CT molecular complexity index is 420. The third-order valence-corrected chi connectivity index (χ3v) is 2.54. The molecule has 0 spiro atoms. The van der Waals surface area contributed by atoms with E-state index in [2.05, 4.69) is 48.5 Å². The maximum Gasteiger partial charge on any atom is 0.0266 e. The van der Waals surface area contributed by atoms with Crippen LogP contribution in [0.4, 0.5) is 0 Å². The average molecular weight is 234 g/mol. The molecular weight excluding hydrogens is 218 g/mol. The van der Waals surface area contributed by atoms with Gasteiger partial charge >= 0.3 is 0 Å². The monoisotopic (exact) mass is 233 g/mol. The molecule has 0 saturated heterocycles. The zero-order valence-corrected chi connectivity index (χ0v) is 10.1. The minimum atomic E-state index is 0. The fourth-order valence-corrected chi connectivity index (χ4v) is 1.61. The van der Waals surface area contributed by atoms with Crippen molar-refractivity contribution in [3.8, 4) is 11.1 Å².